The van der Waals surface area contributed by atoms with Gasteiger partial charge >= 0.3 is 23.9 Å². The summed E-state index contributed by atoms with van der Waals surface area (Å²) in [4.78, 5) is 202. The fourth-order valence-corrected chi connectivity index (χ4v) is 20.9. The number of Topliss-reactive ketones (excluding diaryl/α,β-unsaturated/α-hetero) is 3. The van der Waals surface area contributed by atoms with Crippen LogP contribution in [0.1, 0.15) is 291 Å². The predicted octanol–water partition coefficient (Wildman–Crippen LogP) is 15.4. The molecule has 0 bridgehead atoms. The van der Waals surface area contributed by atoms with Crippen molar-refractivity contribution in [1.29, 1.82) is 0 Å². The first kappa shape index (κ1) is 112. The quantitative estimate of drug-likeness (QED) is 0.0105. The third-order valence-electron chi connectivity index (χ3n) is 26.2. The van der Waals surface area contributed by atoms with Crippen molar-refractivity contribution < 1.29 is 86.4 Å². The molecule has 5 heterocycles. The smallest absolute Gasteiger partial charge is 0.308 e. The summed E-state index contributed by atoms with van der Waals surface area (Å²) >= 11 is 3.76. The van der Waals surface area contributed by atoms with Gasteiger partial charge in [-0.05, 0) is 170 Å². The first-order chi connectivity index (χ1) is 62.1. The maximum absolute atomic E-state index is 14.5. The highest BCUT2D eigenvalue weighted by Gasteiger charge is 2.46. The van der Waals surface area contributed by atoms with Crippen molar-refractivity contribution >= 4 is 139 Å². The molecule has 0 aliphatic carbocycles. The summed E-state index contributed by atoms with van der Waals surface area (Å²) in [5.41, 5.74) is 3.38. The summed E-state index contributed by atoms with van der Waals surface area (Å²) in [5, 5.41) is 22.3. The van der Waals surface area contributed by atoms with Crippen LogP contribution in [0.25, 0.3) is 0 Å². The van der Waals surface area contributed by atoms with E-state index in [2.05, 4.69) is 66.2 Å². The number of hydrogen-bond donors (Lipinski definition) is 4. The fourth-order valence-electron chi connectivity index (χ4n) is 17.4. The molecular weight excluding hydrogens is 1770 g/mol. The van der Waals surface area contributed by atoms with Gasteiger partial charge in [0, 0.05) is 131 Å². The van der Waals surface area contributed by atoms with Gasteiger partial charge in [-0.2, -0.15) is 11.8 Å². The molecule has 4 N–H and O–H groups in total. The Morgan fingerprint density at radius 3 is 1.65 bits per heavy atom. The minimum absolute atomic E-state index is 0.00227. The Balaban J connectivity index is 0.000000417. The topological polar surface area (TPSA) is 365 Å². The van der Waals surface area contributed by atoms with Crippen LogP contribution in [0.2, 0.25) is 0 Å². The summed E-state index contributed by atoms with van der Waals surface area (Å²) in [6.45, 7) is 28.6. The van der Waals surface area contributed by atoms with Crippen LogP contribution in [0.3, 0.4) is 0 Å². The summed E-state index contributed by atoms with van der Waals surface area (Å²) < 4.78 is 17.2. The Morgan fingerprint density at radius 2 is 1.18 bits per heavy atom. The van der Waals surface area contributed by atoms with Crippen LogP contribution in [0.4, 0.5) is 0 Å². The van der Waals surface area contributed by atoms with Gasteiger partial charge in [0.05, 0.1) is 41.8 Å². The van der Waals surface area contributed by atoms with Crippen molar-refractivity contribution in [2.75, 3.05) is 73.5 Å². The Morgan fingerprint density at radius 1 is 0.649 bits per heavy atom. The minimum atomic E-state index is -1.02. The molecule has 7 rings (SSSR count). The van der Waals surface area contributed by atoms with Crippen molar-refractivity contribution in [3.63, 3.8) is 0 Å². The van der Waals surface area contributed by atoms with Crippen molar-refractivity contribution in [1.82, 2.24) is 50.4 Å². The number of thioether (sulfide) groups is 1. The number of ether oxygens (including phenoxy) is 3. The lowest BCUT2D eigenvalue weighted by Crippen LogP contribution is -2.50. The number of ketones is 3. The van der Waals surface area contributed by atoms with Gasteiger partial charge in [-0.15, -0.1) is 22.7 Å². The molecule has 0 radical (unpaired) electrons. The fraction of sp³-hybridized carbons (Fsp3) is 0.673. The molecular formula is C98H148N10O18S5. The van der Waals surface area contributed by atoms with E-state index in [4.69, 9.17) is 14.2 Å². The number of hydrogen-bond acceptors (Lipinski definition) is 26. The van der Waals surface area contributed by atoms with Crippen LogP contribution in [-0.2, 0) is 96.8 Å². The monoisotopic (exact) mass is 1910 g/mol. The molecule has 0 spiro atoms. The molecule has 4 aromatic rings. The Kier molecular flexibility index (Phi) is 47.6. The van der Waals surface area contributed by atoms with Gasteiger partial charge in [-0.1, -0.05) is 172 Å². The van der Waals surface area contributed by atoms with Crippen molar-refractivity contribution in [2.24, 2.45) is 47.3 Å². The number of piperidine rings is 1. The first-order valence-corrected chi connectivity index (χ1v) is 52.7. The van der Waals surface area contributed by atoms with E-state index in [1.54, 1.807) is 89.1 Å². The number of aliphatic carboxylic acids is 1. The number of nitrogens with zero attached hydrogens (tertiary/aromatic N) is 7. The van der Waals surface area contributed by atoms with E-state index in [1.165, 1.54) is 40.5 Å². The Hall–Kier alpha value is -7.95. The number of unbranched alkanes of at least 4 members (excludes halogenated alkanes) is 2. The van der Waals surface area contributed by atoms with E-state index in [-0.39, 0.29) is 189 Å². The average molecular weight is 1910 g/mol. The molecule has 3 aliphatic heterocycles. The summed E-state index contributed by atoms with van der Waals surface area (Å²) in [6, 6.07) is 13.6. The van der Waals surface area contributed by atoms with E-state index in [0.29, 0.717) is 67.1 Å². The van der Waals surface area contributed by atoms with Crippen molar-refractivity contribution in [2.45, 2.75) is 304 Å². The number of thiazole rings is 2. The van der Waals surface area contributed by atoms with E-state index in [1.807, 2.05) is 102 Å². The molecule has 2 aromatic carbocycles. The van der Waals surface area contributed by atoms with Crippen LogP contribution in [0.15, 0.2) is 59.3 Å². The maximum Gasteiger partial charge on any atom is 0.308 e. The molecule has 15 atom stereocenters. The Bertz CT molecular complexity index is 4410. The van der Waals surface area contributed by atoms with Crippen LogP contribution in [0, 0.1) is 47.3 Å². The summed E-state index contributed by atoms with van der Waals surface area (Å²) in [5.74, 6) is -5.50. The number of benzene rings is 2. The molecule has 3 fully saturated rings. The molecule has 0 saturated carbocycles. The van der Waals surface area contributed by atoms with Gasteiger partial charge in [0.25, 0.3) is 11.8 Å². The number of imide groups is 1. The highest BCUT2D eigenvalue weighted by Crippen LogP contribution is 2.39. The summed E-state index contributed by atoms with van der Waals surface area (Å²) in [7, 11) is 11.0. The van der Waals surface area contributed by atoms with Gasteiger partial charge in [-0.25, -0.2) is 9.97 Å². The van der Waals surface area contributed by atoms with Crippen LogP contribution in [0.5, 0.6) is 0 Å². The molecule has 33 heteroatoms. The van der Waals surface area contributed by atoms with Gasteiger partial charge in [-0.3, -0.25) is 81.8 Å². The zero-order valence-electron chi connectivity index (χ0n) is 81.1. The molecule has 728 valence electrons. The second-order valence-electron chi connectivity index (χ2n) is 36.8. The third kappa shape index (κ3) is 34.7. The zero-order chi connectivity index (χ0) is 97.1. The standard InChI is InChI=1S/C55H82N6O11S2.C43H66N4O7S3/c1-11-17-49(66)72-44(30-43(34(3)4)60(9)52(68)41(35(5)12-2)29-46(63)55(7)23-16-24-59(55)8)51-58-42(33-74-51)50(67)57-39(26-36(6)54(70)71)27-37-19-21-38(22-20-37)28-40(62)32-56-47(64)18-14-13-15-25-61-48(65)31-45(73-10)53(61)69;1-11-28(5)34(23-38(49)36-15-13-14-20-46(36)8)42(51)47(9)37(27(3)4)24-39(54-30(7)48)41-45-35(26-56-41)40(50)44-33(21-29(6)43(52)53-12-2)22-31-16-18-32(19-17-31)25-57-55-10/h19-22,33-36,39,41,43-45H,11-18,23-32H2,1-10H3,(H,56,64)(H,57,67)(H,70,71);16-19,26-29,33-34,36-37,39H,11-15,20-25H2,1-10H3,(H,44,50)/t35-,36-,39+,41-,43+,44+,45?,55+;28-,29-,33+,34-,36+,37+,39+/m00/s1. The molecule has 1 unspecified atom stereocenters. The van der Waals surface area contributed by atoms with Gasteiger partial charge in [0.1, 0.15) is 21.4 Å². The van der Waals surface area contributed by atoms with E-state index in [9.17, 15) is 72.2 Å². The minimum Gasteiger partial charge on any atom is -0.481 e. The number of carboxylic acid groups (broad SMARTS) is 1. The first-order valence-electron chi connectivity index (χ1n) is 46.9. The lowest BCUT2D eigenvalue weighted by molar-refractivity contribution is -0.152. The number of aromatic nitrogens is 2. The number of esters is 3. The molecule has 3 aliphatic rings. The molecule has 2 aromatic heterocycles. The lowest BCUT2D eigenvalue weighted by atomic mass is 9.80. The van der Waals surface area contributed by atoms with Crippen molar-refractivity contribution in [3.05, 3.63) is 103 Å². The van der Waals surface area contributed by atoms with Gasteiger partial charge in [0.2, 0.25) is 29.5 Å². The molecule has 28 nitrogen and oxygen atoms in total. The highest BCUT2D eigenvalue weighted by molar-refractivity contribution is 8.76. The van der Waals surface area contributed by atoms with Gasteiger partial charge < -0.3 is 45.1 Å². The number of carbonyl (C=O) groups excluding carboxylic acids is 13. The van der Waals surface area contributed by atoms with Gasteiger partial charge in [0.15, 0.2) is 29.6 Å². The average Bonchev–Trinajstić information content (AvgIpc) is 1.72. The van der Waals surface area contributed by atoms with Crippen LogP contribution < -0.4 is 16.0 Å². The largest absolute Gasteiger partial charge is 0.481 e. The number of nitrogens with one attached hydrogen (secondary N) is 3. The van der Waals surface area contributed by atoms with Crippen molar-refractivity contribution in [3.8, 4) is 0 Å². The normalized spacial score (nSPS) is 18.7. The van der Waals surface area contributed by atoms with Crippen LogP contribution in [-0.4, -0.2) is 237 Å². The third-order valence-corrected chi connectivity index (χ3v) is 30.7. The number of amides is 7. The maximum atomic E-state index is 14.5. The predicted molar refractivity (Wildman–Crippen MR) is 518 cm³/mol. The Labute approximate surface area is 797 Å². The zero-order valence-corrected chi connectivity index (χ0v) is 85.2. The number of carboxylic acids is 1. The summed E-state index contributed by atoms with van der Waals surface area (Å²) in [6.07, 6.45) is 13.4. The number of carbonyl (C=O) groups is 14. The number of likely N-dealkylation sites (tertiary alicyclic amines) is 3. The second-order valence-corrected chi connectivity index (χ2v) is 42.2. The van der Waals surface area contributed by atoms with E-state index in [0.717, 1.165) is 79.8 Å². The van der Waals surface area contributed by atoms with E-state index >= 15 is 0 Å². The second kappa shape index (κ2) is 55.8. The van der Waals surface area contributed by atoms with Crippen LogP contribution >= 0.6 is 56.0 Å². The molecule has 3 saturated heterocycles. The molecule has 7 amide bonds. The number of likely N-dealkylation sites (N-methyl/N-ethyl adjacent to an activating group) is 2. The lowest BCUT2D eigenvalue weighted by Gasteiger charge is -2.38. The highest BCUT2D eigenvalue weighted by atomic mass is 33.1. The SMILES string of the molecule is CCCC(=O)O[C@H](C[C@H](C(C)C)N(C)C(=O)[C@@H](CC(=O)[C@@]1(C)CCCN1C)[C@@H](C)CC)c1nc(C(=O)N[C@@H](Cc2ccc(CC(=O)CNC(=O)CCCCCN3C(=O)CC(SC)C3=O)cc2)C[C@H](C)C(=O)O)cs1.CCOC(=O)[C@@H](C)C[C@H](Cc1ccc(CSSC)cc1)NC(=O)c1csc([C@@H](C[C@H](C(C)C)N(C)C(=O)[C@@H](CC(=O)[C@H]2CCCCN2C)[C@@H](C)CC)OC(C)=O)n1. The van der Waals surface area contributed by atoms with E-state index < -0.39 is 83.2 Å². The molecule has 131 heavy (non-hydrogen) atoms. The number of rotatable bonds is 55.